The van der Waals surface area contributed by atoms with Crippen LogP contribution in [0.2, 0.25) is 0 Å². The van der Waals surface area contributed by atoms with Crippen LogP contribution in [-0.4, -0.2) is 51.5 Å². The monoisotopic (exact) mass is 525 g/mol. The molecule has 1 aromatic rings. The maximum absolute atomic E-state index is 17.3. The highest BCUT2D eigenvalue weighted by Crippen LogP contribution is 2.71. The molecule has 7 nitrogen and oxygen atoms in total. The number of benzene rings is 1. The van der Waals surface area contributed by atoms with E-state index in [0.717, 1.165) is 6.08 Å². The molecule has 4 aliphatic carbocycles. The summed E-state index contributed by atoms with van der Waals surface area (Å²) in [7, 11) is 0. The number of aliphatic hydroxyl groups is 1. The van der Waals surface area contributed by atoms with Gasteiger partial charge >= 0.3 is 11.9 Å². The average Bonchev–Trinajstić information content (AvgIpc) is 3.09. The SMILES string of the molecule is C[C@@H]1C[C@H]2[C@@H]3C[C@H](F)C4=CC(=O)C=C[C@]4(C)[C@@]3(F)[C@@H](O)C[C@]2(C)[C@]1(OC(=O)c1ccc(C#N)cc1)C(=O)O. The highest BCUT2D eigenvalue weighted by atomic mass is 19.1. The summed E-state index contributed by atoms with van der Waals surface area (Å²) in [4.78, 5) is 38.2. The number of aliphatic carboxylic acids is 1. The number of carbonyl (C=O) groups excluding carboxylic acids is 2. The Hall–Kier alpha value is -3.38. The van der Waals surface area contributed by atoms with Crippen molar-refractivity contribution >= 4 is 17.7 Å². The molecule has 4 aliphatic rings. The maximum Gasteiger partial charge on any atom is 0.349 e. The lowest BCUT2D eigenvalue weighted by Crippen LogP contribution is -2.71. The van der Waals surface area contributed by atoms with Crippen LogP contribution in [0.1, 0.15) is 56.0 Å². The second-order valence-electron chi connectivity index (χ2n) is 11.6. The number of allylic oxidation sites excluding steroid dienone is 4. The summed E-state index contributed by atoms with van der Waals surface area (Å²) in [5.41, 5.74) is -7.17. The Labute approximate surface area is 218 Å². The molecule has 0 saturated heterocycles. The highest BCUT2D eigenvalue weighted by Gasteiger charge is 2.78. The minimum Gasteiger partial charge on any atom is -0.478 e. The molecule has 1 aromatic carbocycles. The lowest BCUT2D eigenvalue weighted by atomic mass is 9.44. The second-order valence-corrected chi connectivity index (χ2v) is 11.6. The summed E-state index contributed by atoms with van der Waals surface area (Å²) in [6.45, 7) is 4.66. The van der Waals surface area contributed by atoms with Crippen molar-refractivity contribution in [2.75, 3.05) is 0 Å². The van der Waals surface area contributed by atoms with Crippen molar-refractivity contribution < 1.29 is 38.1 Å². The van der Waals surface area contributed by atoms with Gasteiger partial charge in [-0.15, -0.1) is 0 Å². The van der Waals surface area contributed by atoms with Gasteiger partial charge in [0, 0.05) is 22.7 Å². The van der Waals surface area contributed by atoms with Crippen LogP contribution in [0.4, 0.5) is 8.78 Å². The largest absolute Gasteiger partial charge is 0.478 e. The lowest BCUT2D eigenvalue weighted by molar-refractivity contribution is -0.229. The molecule has 0 spiro atoms. The van der Waals surface area contributed by atoms with E-state index in [1.54, 1.807) is 13.8 Å². The summed E-state index contributed by atoms with van der Waals surface area (Å²) < 4.78 is 38.7. The average molecular weight is 526 g/mol. The number of hydrogen-bond acceptors (Lipinski definition) is 6. The highest BCUT2D eigenvalue weighted by molar-refractivity contribution is 6.01. The maximum atomic E-state index is 17.3. The fourth-order valence-corrected chi connectivity index (χ4v) is 8.13. The van der Waals surface area contributed by atoms with E-state index >= 15 is 8.78 Å². The van der Waals surface area contributed by atoms with Gasteiger partial charge in [-0.25, -0.2) is 18.4 Å². The molecular formula is C29H29F2NO6. The molecule has 0 aromatic heterocycles. The van der Waals surface area contributed by atoms with Crippen LogP contribution in [0.3, 0.4) is 0 Å². The van der Waals surface area contributed by atoms with Crippen molar-refractivity contribution in [1.82, 2.24) is 0 Å². The summed E-state index contributed by atoms with van der Waals surface area (Å²) in [5, 5.41) is 31.0. The minimum atomic E-state index is -2.37. The van der Waals surface area contributed by atoms with Gasteiger partial charge in [-0.2, -0.15) is 5.26 Å². The van der Waals surface area contributed by atoms with Gasteiger partial charge in [0.15, 0.2) is 11.5 Å². The quantitative estimate of drug-likeness (QED) is 0.569. The third-order valence-corrected chi connectivity index (χ3v) is 9.99. The van der Waals surface area contributed by atoms with E-state index in [1.807, 2.05) is 6.07 Å². The zero-order valence-corrected chi connectivity index (χ0v) is 21.3. The standard InChI is InChI=1S/C29H29F2NO6/c1-15-10-19-20-12-22(30)21-11-18(33)8-9-26(21,2)28(20,31)23(34)13-27(19,3)29(15,25(36)37)38-24(35)17-6-4-16(14-32)5-7-17/h4-9,11,15,19-20,22-23,34H,10,12-13H2,1-3H3,(H,36,37)/t15-,19+,20+,22+,23+,26+,27+,28+,29-/m1/s1. The summed E-state index contributed by atoms with van der Waals surface area (Å²) in [5.74, 6) is -5.40. The van der Waals surface area contributed by atoms with Gasteiger partial charge in [-0.05, 0) is 74.1 Å². The molecule has 0 aliphatic heterocycles. The van der Waals surface area contributed by atoms with Gasteiger partial charge < -0.3 is 14.9 Å². The van der Waals surface area contributed by atoms with Gasteiger partial charge in [-0.1, -0.05) is 19.9 Å². The first-order chi connectivity index (χ1) is 17.8. The first kappa shape index (κ1) is 26.2. The van der Waals surface area contributed by atoms with E-state index < -0.39 is 69.9 Å². The number of aliphatic hydroxyl groups excluding tert-OH is 1. The van der Waals surface area contributed by atoms with Gasteiger partial charge in [0.25, 0.3) is 0 Å². The van der Waals surface area contributed by atoms with Gasteiger partial charge in [0.2, 0.25) is 5.60 Å². The van der Waals surface area contributed by atoms with Crippen molar-refractivity contribution in [2.24, 2.45) is 28.6 Å². The predicted molar refractivity (Wildman–Crippen MR) is 130 cm³/mol. The Morgan fingerprint density at radius 2 is 1.82 bits per heavy atom. The number of rotatable bonds is 3. The first-order valence-electron chi connectivity index (χ1n) is 12.7. The number of halogens is 2. The summed E-state index contributed by atoms with van der Waals surface area (Å²) >= 11 is 0. The molecule has 2 N–H and O–H groups in total. The molecule has 3 saturated carbocycles. The van der Waals surface area contributed by atoms with E-state index in [2.05, 4.69) is 0 Å². The number of hydrogen-bond donors (Lipinski definition) is 2. The fraction of sp³-hybridized carbons (Fsp3) is 0.517. The number of carboxylic acid groups (broad SMARTS) is 1. The van der Waals surface area contributed by atoms with Crippen molar-refractivity contribution in [1.29, 1.82) is 5.26 Å². The third kappa shape index (κ3) is 3.10. The van der Waals surface area contributed by atoms with E-state index in [4.69, 9.17) is 10.00 Å². The Bertz CT molecular complexity index is 1330. The van der Waals surface area contributed by atoms with Crippen molar-refractivity contribution in [2.45, 2.75) is 63.6 Å². The van der Waals surface area contributed by atoms with Crippen LogP contribution in [0.25, 0.3) is 0 Å². The van der Waals surface area contributed by atoms with Gasteiger partial charge in [0.1, 0.15) is 6.17 Å². The smallest absolute Gasteiger partial charge is 0.349 e. The van der Waals surface area contributed by atoms with E-state index in [-0.39, 0.29) is 30.4 Å². The molecule has 9 heteroatoms. The van der Waals surface area contributed by atoms with Crippen LogP contribution < -0.4 is 0 Å². The second kappa shape index (κ2) is 8.31. The first-order valence-corrected chi connectivity index (χ1v) is 12.7. The molecular weight excluding hydrogens is 496 g/mol. The number of carboxylic acids is 1. The molecule has 0 radical (unpaired) electrons. The number of nitrogens with zero attached hydrogens (tertiary/aromatic N) is 1. The Kier molecular flexibility index (Phi) is 5.74. The zero-order chi connectivity index (χ0) is 27.8. The van der Waals surface area contributed by atoms with Crippen LogP contribution in [0, 0.1) is 39.9 Å². The van der Waals surface area contributed by atoms with Crippen molar-refractivity contribution in [3.8, 4) is 6.07 Å². The molecule has 3 fully saturated rings. The molecule has 200 valence electrons. The normalized spacial score (nSPS) is 43.2. The minimum absolute atomic E-state index is 0.0193. The Morgan fingerprint density at radius 3 is 2.42 bits per heavy atom. The Balaban J connectivity index is 1.59. The number of esters is 1. The number of alkyl halides is 2. The molecule has 0 heterocycles. The van der Waals surface area contributed by atoms with Crippen LogP contribution in [-0.2, 0) is 14.3 Å². The van der Waals surface area contributed by atoms with Crippen LogP contribution in [0.5, 0.6) is 0 Å². The number of nitriles is 1. The molecule has 38 heavy (non-hydrogen) atoms. The number of ketones is 1. The van der Waals surface area contributed by atoms with Crippen molar-refractivity contribution in [3.63, 3.8) is 0 Å². The van der Waals surface area contributed by atoms with E-state index in [1.165, 1.54) is 43.3 Å². The molecule has 0 amide bonds. The molecule has 5 rings (SSSR count). The number of fused-ring (bicyclic) bond motifs is 5. The third-order valence-electron chi connectivity index (χ3n) is 9.99. The molecule has 9 atom stereocenters. The predicted octanol–water partition coefficient (Wildman–Crippen LogP) is 4.10. The number of ether oxygens (including phenoxy) is 1. The summed E-state index contributed by atoms with van der Waals surface area (Å²) in [6.07, 6.45) is -0.315. The summed E-state index contributed by atoms with van der Waals surface area (Å²) in [6, 6.07) is 7.48. The molecule has 0 unspecified atom stereocenters. The number of carbonyl (C=O) groups is 3. The van der Waals surface area contributed by atoms with Crippen LogP contribution in [0.15, 0.2) is 48.1 Å². The van der Waals surface area contributed by atoms with Crippen LogP contribution >= 0.6 is 0 Å². The van der Waals surface area contributed by atoms with Gasteiger partial charge in [-0.3, -0.25) is 4.79 Å². The van der Waals surface area contributed by atoms with Gasteiger partial charge in [0.05, 0.1) is 23.3 Å². The topological polar surface area (TPSA) is 125 Å². The lowest BCUT2D eigenvalue weighted by Gasteiger charge is -2.62. The van der Waals surface area contributed by atoms with E-state index in [0.29, 0.717) is 5.56 Å². The van der Waals surface area contributed by atoms with E-state index in [9.17, 15) is 24.6 Å². The molecule has 0 bridgehead atoms. The van der Waals surface area contributed by atoms with Crippen molar-refractivity contribution in [3.05, 3.63) is 59.2 Å². The Morgan fingerprint density at radius 1 is 1.16 bits per heavy atom. The fourth-order valence-electron chi connectivity index (χ4n) is 8.13. The zero-order valence-electron chi connectivity index (χ0n) is 21.3.